The number of nitro benzene ring substituents is 1. The number of nitro groups is 1. The molecule has 0 saturated heterocycles. The van der Waals surface area contributed by atoms with E-state index >= 15 is 0 Å². The number of nitrogens with zero attached hydrogens (tertiary/aromatic N) is 1. The van der Waals surface area contributed by atoms with Gasteiger partial charge in [0.25, 0.3) is 0 Å². The summed E-state index contributed by atoms with van der Waals surface area (Å²) in [5, 5.41) is 10.7. The van der Waals surface area contributed by atoms with E-state index < -0.39 is 16.7 Å². The summed E-state index contributed by atoms with van der Waals surface area (Å²) < 4.78 is 5.16. The summed E-state index contributed by atoms with van der Waals surface area (Å²) in [6.45, 7) is 1.45. The average Bonchev–Trinajstić information content (AvgIpc) is 2.34. The van der Waals surface area contributed by atoms with Crippen molar-refractivity contribution in [1.82, 2.24) is 0 Å². The number of benzene rings is 1. The number of carbonyl (C=O) groups is 2. The summed E-state index contributed by atoms with van der Waals surface area (Å²) in [5.74, 6) is -1.20. The normalized spacial score (nSPS) is 11.6. The maximum absolute atomic E-state index is 10.8. The first-order valence-electron chi connectivity index (χ1n) is 5.11. The molecular formula is C11H12N2O5. The van der Waals surface area contributed by atoms with E-state index in [1.807, 2.05) is 0 Å². The van der Waals surface area contributed by atoms with Gasteiger partial charge in [0.05, 0.1) is 17.4 Å². The van der Waals surface area contributed by atoms with Crippen molar-refractivity contribution in [3.05, 3.63) is 33.9 Å². The van der Waals surface area contributed by atoms with Gasteiger partial charge in [-0.25, -0.2) is 0 Å². The first kappa shape index (κ1) is 13.6. The van der Waals surface area contributed by atoms with E-state index in [4.69, 9.17) is 10.5 Å². The lowest BCUT2D eigenvalue weighted by Gasteiger charge is -2.10. The average molecular weight is 252 g/mol. The summed E-state index contributed by atoms with van der Waals surface area (Å²) in [4.78, 5) is 31.5. The Morgan fingerprint density at radius 1 is 1.61 bits per heavy atom. The van der Waals surface area contributed by atoms with Crippen molar-refractivity contribution in [3.63, 3.8) is 0 Å². The number of nitrogens with two attached hydrogens (primary N) is 1. The lowest BCUT2D eigenvalue weighted by atomic mass is 10.2. The quantitative estimate of drug-likeness (QED) is 0.459. The fourth-order valence-corrected chi connectivity index (χ4v) is 1.17. The molecule has 1 rings (SSSR count). The van der Waals surface area contributed by atoms with Crippen LogP contribution in [0.3, 0.4) is 0 Å². The predicted octanol–water partition coefficient (Wildman–Crippen LogP) is 0.907. The Labute approximate surface area is 103 Å². The van der Waals surface area contributed by atoms with Crippen LogP contribution in [0.2, 0.25) is 0 Å². The molecule has 1 amide bonds. The minimum atomic E-state index is -0.626. The fraction of sp³-hybridized carbons (Fsp3) is 0.273. The molecule has 0 aliphatic carbocycles. The second-order valence-electron chi connectivity index (χ2n) is 3.72. The first-order chi connectivity index (χ1) is 8.45. The Morgan fingerprint density at radius 2 is 2.28 bits per heavy atom. The molecule has 7 heteroatoms. The molecule has 1 aromatic carbocycles. The van der Waals surface area contributed by atoms with E-state index in [1.54, 1.807) is 0 Å². The summed E-state index contributed by atoms with van der Waals surface area (Å²) >= 11 is 0. The third kappa shape index (κ3) is 3.27. The van der Waals surface area contributed by atoms with Crippen molar-refractivity contribution < 1.29 is 19.2 Å². The number of hydrogen-bond acceptors (Lipinski definition) is 5. The van der Waals surface area contributed by atoms with Crippen molar-refractivity contribution in [3.8, 4) is 5.75 Å². The van der Waals surface area contributed by atoms with E-state index in [1.165, 1.54) is 25.1 Å². The molecule has 0 aliphatic heterocycles. The zero-order chi connectivity index (χ0) is 13.7. The van der Waals surface area contributed by atoms with Crippen LogP contribution in [-0.2, 0) is 4.79 Å². The molecule has 1 unspecified atom stereocenters. The highest BCUT2D eigenvalue weighted by Gasteiger charge is 2.17. The van der Waals surface area contributed by atoms with Gasteiger partial charge in [0, 0.05) is 11.6 Å². The van der Waals surface area contributed by atoms with Crippen LogP contribution in [0.25, 0.3) is 0 Å². The molecule has 0 spiro atoms. The van der Waals surface area contributed by atoms with Crippen LogP contribution in [0, 0.1) is 16.0 Å². The van der Waals surface area contributed by atoms with Crippen LogP contribution in [0.15, 0.2) is 18.2 Å². The molecular weight excluding hydrogens is 240 g/mol. The van der Waals surface area contributed by atoms with Gasteiger partial charge in [-0.1, -0.05) is 6.92 Å². The van der Waals surface area contributed by atoms with E-state index in [0.717, 1.165) is 0 Å². The van der Waals surface area contributed by atoms with Gasteiger partial charge in [-0.15, -0.1) is 0 Å². The summed E-state index contributed by atoms with van der Waals surface area (Å²) in [5.41, 5.74) is 5.03. The maximum atomic E-state index is 10.8. The second-order valence-corrected chi connectivity index (χ2v) is 3.72. The number of rotatable bonds is 6. The standard InChI is InChI=1S/C11H12N2O5/c1-7(11(12)15)6-18-10-4-8(5-14)2-3-9(10)13(16)17/h2-5,7H,6H2,1H3,(H2,12,15). The fourth-order valence-electron chi connectivity index (χ4n) is 1.17. The molecule has 1 aromatic rings. The monoisotopic (exact) mass is 252 g/mol. The Kier molecular flexibility index (Phi) is 4.36. The minimum absolute atomic E-state index is 0.0577. The highest BCUT2D eigenvalue weighted by Crippen LogP contribution is 2.27. The Balaban J connectivity index is 2.94. The van der Waals surface area contributed by atoms with Gasteiger partial charge >= 0.3 is 5.69 Å². The van der Waals surface area contributed by atoms with Crippen LogP contribution in [0.5, 0.6) is 5.75 Å². The number of hydrogen-bond donors (Lipinski definition) is 1. The van der Waals surface area contributed by atoms with Gasteiger partial charge in [0.15, 0.2) is 5.75 Å². The van der Waals surface area contributed by atoms with Crippen molar-refractivity contribution >= 4 is 17.9 Å². The third-order valence-electron chi connectivity index (χ3n) is 2.29. The number of primary amides is 1. The number of ether oxygens (including phenoxy) is 1. The molecule has 96 valence electrons. The second kappa shape index (κ2) is 5.76. The molecule has 0 radical (unpaired) electrons. The lowest BCUT2D eigenvalue weighted by molar-refractivity contribution is -0.385. The topological polar surface area (TPSA) is 113 Å². The third-order valence-corrected chi connectivity index (χ3v) is 2.29. The predicted molar refractivity (Wildman–Crippen MR) is 62.3 cm³/mol. The van der Waals surface area contributed by atoms with Crippen LogP contribution in [0.4, 0.5) is 5.69 Å². The van der Waals surface area contributed by atoms with Gasteiger partial charge < -0.3 is 10.5 Å². The van der Waals surface area contributed by atoms with Crippen LogP contribution < -0.4 is 10.5 Å². The molecule has 0 aromatic heterocycles. The Bertz CT molecular complexity index is 486. The zero-order valence-electron chi connectivity index (χ0n) is 9.66. The van der Waals surface area contributed by atoms with Crippen LogP contribution >= 0.6 is 0 Å². The number of aldehydes is 1. The van der Waals surface area contributed by atoms with Gasteiger partial charge in [-0.3, -0.25) is 19.7 Å². The van der Waals surface area contributed by atoms with Crippen LogP contribution in [0.1, 0.15) is 17.3 Å². The minimum Gasteiger partial charge on any atom is -0.486 e. The van der Waals surface area contributed by atoms with E-state index in [-0.39, 0.29) is 23.6 Å². The SMILES string of the molecule is CC(COc1cc(C=O)ccc1[N+](=O)[O-])C(N)=O. The summed E-state index contributed by atoms with van der Waals surface area (Å²) in [6.07, 6.45) is 0.550. The molecule has 1 atom stereocenters. The Morgan fingerprint density at radius 3 is 2.78 bits per heavy atom. The van der Waals surface area contributed by atoms with Gasteiger partial charge in [-0.2, -0.15) is 0 Å². The zero-order valence-corrected chi connectivity index (χ0v) is 9.66. The Hall–Kier alpha value is -2.44. The van der Waals surface area contributed by atoms with Crippen molar-refractivity contribution in [2.75, 3.05) is 6.61 Å². The molecule has 0 aliphatic rings. The molecule has 0 saturated carbocycles. The van der Waals surface area contributed by atoms with Crippen LogP contribution in [-0.4, -0.2) is 23.7 Å². The highest BCUT2D eigenvalue weighted by molar-refractivity contribution is 5.77. The number of carbonyl (C=O) groups excluding carboxylic acids is 2. The van der Waals surface area contributed by atoms with Gasteiger partial charge in [0.2, 0.25) is 5.91 Å². The summed E-state index contributed by atoms with van der Waals surface area (Å²) in [6, 6.07) is 3.74. The van der Waals surface area contributed by atoms with E-state index in [2.05, 4.69) is 0 Å². The molecule has 0 heterocycles. The molecule has 0 fully saturated rings. The smallest absolute Gasteiger partial charge is 0.310 e. The lowest BCUT2D eigenvalue weighted by Crippen LogP contribution is -2.25. The maximum Gasteiger partial charge on any atom is 0.310 e. The van der Waals surface area contributed by atoms with Crippen molar-refractivity contribution in [2.45, 2.75) is 6.92 Å². The molecule has 0 bridgehead atoms. The van der Waals surface area contributed by atoms with Crippen molar-refractivity contribution in [1.29, 1.82) is 0 Å². The summed E-state index contributed by atoms with van der Waals surface area (Å²) in [7, 11) is 0. The molecule has 18 heavy (non-hydrogen) atoms. The molecule has 2 N–H and O–H groups in total. The largest absolute Gasteiger partial charge is 0.486 e. The van der Waals surface area contributed by atoms with E-state index in [0.29, 0.717) is 6.29 Å². The first-order valence-corrected chi connectivity index (χ1v) is 5.11. The highest BCUT2D eigenvalue weighted by atomic mass is 16.6. The molecule has 7 nitrogen and oxygen atoms in total. The van der Waals surface area contributed by atoms with Crippen molar-refractivity contribution in [2.24, 2.45) is 11.7 Å². The number of amides is 1. The van der Waals surface area contributed by atoms with E-state index in [9.17, 15) is 19.7 Å². The van der Waals surface area contributed by atoms with Gasteiger partial charge in [0.1, 0.15) is 6.29 Å². The van der Waals surface area contributed by atoms with Gasteiger partial charge in [-0.05, 0) is 12.1 Å².